The Morgan fingerprint density at radius 3 is 2.24 bits per heavy atom. The largest absolute Gasteiger partial charge is 0.357 e. The summed E-state index contributed by atoms with van der Waals surface area (Å²) in [5.74, 6) is -0.583. The van der Waals surface area contributed by atoms with Crippen molar-refractivity contribution in [3.8, 4) is 0 Å². The predicted molar refractivity (Wildman–Crippen MR) is 138 cm³/mol. The number of amides is 2. The van der Waals surface area contributed by atoms with Crippen molar-refractivity contribution >= 4 is 50.7 Å². The van der Waals surface area contributed by atoms with E-state index in [-0.39, 0.29) is 37.7 Å². The van der Waals surface area contributed by atoms with Crippen LogP contribution < -0.4 is 9.62 Å². The van der Waals surface area contributed by atoms with Crippen LogP contribution >= 0.6 is 23.2 Å². The number of halogens is 2. The predicted octanol–water partition coefficient (Wildman–Crippen LogP) is 4.40. The van der Waals surface area contributed by atoms with Crippen molar-refractivity contribution in [3.05, 3.63) is 63.6 Å². The van der Waals surface area contributed by atoms with Gasteiger partial charge in [0.15, 0.2) is 0 Å². The molecule has 0 spiro atoms. The number of carbonyl (C=O) groups excluding carboxylic acids is 2. The third kappa shape index (κ3) is 7.35. The SMILES string of the molecule is CC[C@@H](C(=O)NC)N(Cc1c(Cl)cccc1Cl)C(=O)CCCN(c1cccc(C)c1)S(C)(=O)=O. The van der Waals surface area contributed by atoms with Gasteiger partial charge < -0.3 is 10.2 Å². The van der Waals surface area contributed by atoms with E-state index in [1.807, 2.05) is 19.9 Å². The molecule has 0 bridgehead atoms. The summed E-state index contributed by atoms with van der Waals surface area (Å²) < 4.78 is 26.1. The first-order valence-electron chi connectivity index (χ1n) is 11.0. The van der Waals surface area contributed by atoms with Crippen LogP contribution in [-0.4, -0.2) is 51.0 Å². The van der Waals surface area contributed by atoms with Crippen molar-refractivity contribution in [1.29, 1.82) is 0 Å². The molecule has 10 heteroatoms. The summed E-state index contributed by atoms with van der Waals surface area (Å²) in [4.78, 5) is 27.3. The summed E-state index contributed by atoms with van der Waals surface area (Å²) in [6.45, 7) is 3.90. The maximum Gasteiger partial charge on any atom is 0.242 e. The Bertz CT molecular complexity index is 1100. The van der Waals surface area contributed by atoms with E-state index in [0.717, 1.165) is 11.8 Å². The zero-order valence-electron chi connectivity index (χ0n) is 19.8. The fourth-order valence-electron chi connectivity index (χ4n) is 3.73. The maximum absolute atomic E-state index is 13.3. The third-order valence-corrected chi connectivity index (χ3v) is 7.37. The molecule has 0 radical (unpaired) electrons. The fraction of sp³-hybridized carbons (Fsp3) is 0.417. The first kappa shape index (κ1) is 28.0. The van der Waals surface area contributed by atoms with E-state index >= 15 is 0 Å². The van der Waals surface area contributed by atoms with Gasteiger partial charge in [-0.15, -0.1) is 0 Å². The minimum absolute atomic E-state index is 0.0490. The number of anilines is 1. The minimum Gasteiger partial charge on any atom is -0.357 e. The molecule has 0 unspecified atom stereocenters. The van der Waals surface area contributed by atoms with Gasteiger partial charge in [-0.05, 0) is 49.6 Å². The van der Waals surface area contributed by atoms with Crippen molar-refractivity contribution in [1.82, 2.24) is 10.2 Å². The summed E-state index contributed by atoms with van der Waals surface area (Å²) >= 11 is 12.6. The molecule has 0 aliphatic carbocycles. The van der Waals surface area contributed by atoms with Gasteiger partial charge in [-0.1, -0.05) is 48.3 Å². The highest BCUT2D eigenvalue weighted by Crippen LogP contribution is 2.27. The van der Waals surface area contributed by atoms with Gasteiger partial charge in [0.25, 0.3) is 0 Å². The van der Waals surface area contributed by atoms with E-state index in [4.69, 9.17) is 23.2 Å². The van der Waals surface area contributed by atoms with Gasteiger partial charge in [0, 0.05) is 42.2 Å². The summed E-state index contributed by atoms with van der Waals surface area (Å²) in [6, 6.07) is 11.5. The standard InChI is InChI=1S/C24H31Cl2N3O4S/c1-5-22(24(31)27-3)28(16-19-20(25)11-7-12-21(19)26)23(30)13-8-14-29(34(4,32)33)18-10-6-9-17(2)15-18/h6-7,9-12,15,22H,5,8,13-14,16H2,1-4H3,(H,27,31)/t22-/m0/s1. The number of carbonyl (C=O) groups is 2. The van der Waals surface area contributed by atoms with Crippen LogP contribution in [0.5, 0.6) is 0 Å². The number of sulfonamides is 1. The number of rotatable bonds is 11. The van der Waals surface area contributed by atoms with Crippen LogP contribution in [0.4, 0.5) is 5.69 Å². The normalized spacial score (nSPS) is 12.2. The summed E-state index contributed by atoms with van der Waals surface area (Å²) in [5, 5.41) is 3.41. The van der Waals surface area contributed by atoms with Gasteiger partial charge in [0.2, 0.25) is 21.8 Å². The maximum atomic E-state index is 13.3. The molecule has 0 aliphatic heterocycles. The Kier molecular flexibility index (Phi) is 10.2. The van der Waals surface area contributed by atoms with Crippen molar-refractivity contribution in [3.63, 3.8) is 0 Å². The number of benzene rings is 2. The van der Waals surface area contributed by atoms with Gasteiger partial charge in [0.05, 0.1) is 11.9 Å². The highest BCUT2D eigenvalue weighted by atomic mass is 35.5. The molecule has 7 nitrogen and oxygen atoms in total. The molecule has 0 heterocycles. The molecule has 2 aromatic carbocycles. The van der Waals surface area contributed by atoms with E-state index in [1.165, 1.54) is 16.3 Å². The number of aryl methyl sites for hydroxylation is 1. The zero-order chi connectivity index (χ0) is 25.5. The first-order chi connectivity index (χ1) is 16.0. The Balaban J connectivity index is 2.24. The topological polar surface area (TPSA) is 86.8 Å². The van der Waals surface area contributed by atoms with Crippen LogP contribution in [0.3, 0.4) is 0 Å². The lowest BCUT2D eigenvalue weighted by atomic mass is 10.1. The highest BCUT2D eigenvalue weighted by Gasteiger charge is 2.29. The van der Waals surface area contributed by atoms with Crippen LogP contribution in [0.25, 0.3) is 0 Å². The summed E-state index contributed by atoms with van der Waals surface area (Å²) in [5.41, 5.74) is 2.03. The quantitative estimate of drug-likeness (QED) is 0.469. The lowest BCUT2D eigenvalue weighted by Crippen LogP contribution is -2.48. The average Bonchev–Trinajstić information content (AvgIpc) is 2.77. The van der Waals surface area contributed by atoms with Crippen LogP contribution in [0.1, 0.15) is 37.3 Å². The smallest absolute Gasteiger partial charge is 0.242 e. The second kappa shape index (κ2) is 12.4. The lowest BCUT2D eigenvalue weighted by molar-refractivity contribution is -0.141. The molecule has 34 heavy (non-hydrogen) atoms. The van der Waals surface area contributed by atoms with Crippen molar-refractivity contribution < 1.29 is 18.0 Å². The molecule has 2 amide bonds. The molecular formula is C24H31Cl2N3O4S. The number of nitrogens with one attached hydrogen (secondary N) is 1. The summed E-state index contributed by atoms with van der Waals surface area (Å²) in [6.07, 6.45) is 1.86. The molecule has 0 aliphatic rings. The van der Waals surface area contributed by atoms with Gasteiger partial charge >= 0.3 is 0 Å². The third-order valence-electron chi connectivity index (χ3n) is 5.46. The average molecular weight is 529 g/mol. The van der Waals surface area contributed by atoms with E-state index < -0.39 is 16.1 Å². The van der Waals surface area contributed by atoms with Gasteiger partial charge in [-0.3, -0.25) is 13.9 Å². The molecule has 0 saturated heterocycles. The molecule has 0 saturated carbocycles. The van der Waals surface area contributed by atoms with Crippen molar-refractivity contribution in [2.75, 3.05) is 24.2 Å². The van der Waals surface area contributed by atoms with Crippen LogP contribution in [0.15, 0.2) is 42.5 Å². The highest BCUT2D eigenvalue weighted by molar-refractivity contribution is 7.92. The number of nitrogens with zero attached hydrogens (tertiary/aromatic N) is 2. The second-order valence-electron chi connectivity index (χ2n) is 8.04. The van der Waals surface area contributed by atoms with Crippen LogP contribution in [0, 0.1) is 6.92 Å². The Morgan fingerprint density at radius 2 is 1.71 bits per heavy atom. The molecule has 0 aromatic heterocycles. The second-order valence-corrected chi connectivity index (χ2v) is 10.8. The van der Waals surface area contributed by atoms with E-state index in [1.54, 1.807) is 36.4 Å². The molecule has 2 aromatic rings. The molecule has 2 rings (SSSR count). The van der Waals surface area contributed by atoms with E-state index in [2.05, 4.69) is 5.32 Å². The summed E-state index contributed by atoms with van der Waals surface area (Å²) in [7, 11) is -2.03. The van der Waals surface area contributed by atoms with Crippen LogP contribution in [0.2, 0.25) is 10.0 Å². The van der Waals surface area contributed by atoms with Crippen LogP contribution in [-0.2, 0) is 26.2 Å². The minimum atomic E-state index is -3.54. The molecule has 186 valence electrons. The molecule has 1 atom stereocenters. The molecular weight excluding hydrogens is 497 g/mol. The number of likely N-dealkylation sites (N-methyl/N-ethyl adjacent to an activating group) is 1. The number of hydrogen-bond donors (Lipinski definition) is 1. The van der Waals surface area contributed by atoms with Gasteiger partial charge in [-0.25, -0.2) is 8.42 Å². The molecule has 1 N–H and O–H groups in total. The van der Waals surface area contributed by atoms with Crippen molar-refractivity contribution in [2.45, 2.75) is 45.7 Å². The van der Waals surface area contributed by atoms with E-state index in [0.29, 0.717) is 27.7 Å². The van der Waals surface area contributed by atoms with Crippen molar-refractivity contribution in [2.24, 2.45) is 0 Å². The lowest BCUT2D eigenvalue weighted by Gasteiger charge is -2.31. The Labute approximate surface area is 212 Å². The fourth-order valence-corrected chi connectivity index (χ4v) is 5.20. The Morgan fingerprint density at radius 1 is 1.09 bits per heavy atom. The Hall–Kier alpha value is -2.29. The first-order valence-corrected chi connectivity index (χ1v) is 13.6. The number of hydrogen-bond acceptors (Lipinski definition) is 4. The van der Waals surface area contributed by atoms with Gasteiger partial charge in [0.1, 0.15) is 6.04 Å². The monoisotopic (exact) mass is 527 g/mol. The van der Waals surface area contributed by atoms with E-state index in [9.17, 15) is 18.0 Å². The molecule has 0 fully saturated rings. The van der Waals surface area contributed by atoms with Gasteiger partial charge in [-0.2, -0.15) is 0 Å². The zero-order valence-corrected chi connectivity index (χ0v) is 22.2.